The minimum atomic E-state index is -0.274. The van der Waals surface area contributed by atoms with E-state index in [1.165, 1.54) is 18.2 Å². The molecule has 0 bridgehead atoms. The maximum absolute atomic E-state index is 12.8. The maximum Gasteiger partial charge on any atom is 0.343 e. The molecule has 190 valence electrons. The zero-order valence-electron chi connectivity index (χ0n) is 20.2. The van der Waals surface area contributed by atoms with Gasteiger partial charge in [-0.25, -0.2) is 9.86 Å². The highest BCUT2D eigenvalue weighted by molar-refractivity contribution is 6.33. The van der Waals surface area contributed by atoms with E-state index < -0.39 is 0 Å². The van der Waals surface area contributed by atoms with E-state index in [-0.39, 0.29) is 18.0 Å². The number of hydrogen-bond acceptors (Lipinski definition) is 7. The molecule has 0 aromatic heterocycles. The lowest BCUT2D eigenvalue weighted by atomic mass is 9.96. The molecule has 3 N–H and O–H groups in total. The van der Waals surface area contributed by atoms with E-state index in [2.05, 4.69) is 10.2 Å². The van der Waals surface area contributed by atoms with Gasteiger partial charge in [-0.15, -0.1) is 0 Å². The number of nitrogen functional groups attached to an aromatic ring is 1. The Morgan fingerprint density at radius 3 is 2.71 bits per heavy atom. The molecule has 0 aliphatic carbocycles. The van der Waals surface area contributed by atoms with Crippen LogP contribution in [0.2, 0.25) is 5.02 Å². The van der Waals surface area contributed by atoms with Crippen molar-refractivity contribution in [3.8, 4) is 5.75 Å². The fourth-order valence-electron chi connectivity index (χ4n) is 4.34. The lowest BCUT2D eigenvalue weighted by Crippen LogP contribution is -2.50. The molecule has 3 rings (SSSR count). The number of morpholine rings is 1. The minimum absolute atomic E-state index is 0.0991. The van der Waals surface area contributed by atoms with Crippen molar-refractivity contribution in [1.29, 1.82) is 0 Å². The number of benzene rings is 1. The van der Waals surface area contributed by atoms with Crippen molar-refractivity contribution in [3.63, 3.8) is 0 Å². The number of piperidine rings is 1. The van der Waals surface area contributed by atoms with E-state index in [1.807, 2.05) is 11.8 Å². The summed E-state index contributed by atoms with van der Waals surface area (Å²) in [5.74, 6) is 0.662. The van der Waals surface area contributed by atoms with Gasteiger partial charge >= 0.3 is 6.03 Å². The van der Waals surface area contributed by atoms with Gasteiger partial charge in [0.1, 0.15) is 5.75 Å². The predicted molar refractivity (Wildman–Crippen MR) is 130 cm³/mol. The smallest absolute Gasteiger partial charge is 0.343 e. The second kappa shape index (κ2) is 12.4. The average molecular weight is 498 g/mol. The molecule has 1 atom stereocenters. The van der Waals surface area contributed by atoms with Crippen LogP contribution in [0, 0.1) is 5.92 Å². The first kappa shape index (κ1) is 26.3. The zero-order chi connectivity index (χ0) is 24.7. The van der Waals surface area contributed by atoms with Gasteiger partial charge < -0.3 is 25.4 Å². The number of carbonyl (C=O) groups excluding carboxylic acids is 2. The molecule has 2 saturated heterocycles. The number of nitrogens with zero attached hydrogens (tertiary/aromatic N) is 3. The number of anilines is 1. The quantitative estimate of drug-likeness (QED) is 0.418. The van der Waals surface area contributed by atoms with Gasteiger partial charge in [0.05, 0.1) is 42.7 Å². The number of urea groups is 1. The molecular formula is C23H36ClN5O5. The molecule has 2 aliphatic heterocycles. The monoisotopic (exact) mass is 497 g/mol. The second-order valence-corrected chi connectivity index (χ2v) is 9.07. The molecule has 1 unspecified atom stereocenters. The van der Waals surface area contributed by atoms with Gasteiger partial charge in [-0.3, -0.25) is 14.5 Å². The highest BCUT2D eigenvalue weighted by Crippen LogP contribution is 2.29. The van der Waals surface area contributed by atoms with E-state index in [1.54, 1.807) is 13.1 Å². The summed E-state index contributed by atoms with van der Waals surface area (Å²) in [6.45, 7) is 7.28. The molecule has 1 aromatic rings. The van der Waals surface area contributed by atoms with Crippen molar-refractivity contribution in [1.82, 2.24) is 20.2 Å². The molecule has 2 aliphatic rings. The van der Waals surface area contributed by atoms with Crippen LogP contribution in [0.25, 0.3) is 0 Å². The predicted octanol–water partition coefficient (Wildman–Crippen LogP) is 2.08. The van der Waals surface area contributed by atoms with Crippen molar-refractivity contribution in [2.24, 2.45) is 5.92 Å². The van der Waals surface area contributed by atoms with Crippen LogP contribution < -0.4 is 15.8 Å². The van der Waals surface area contributed by atoms with Crippen LogP contribution in [-0.4, -0.2) is 99.5 Å². The summed E-state index contributed by atoms with van der Waals surface area (Å²) in [6, 6.07) is 3.01. The number of amides is 3. The average Bonchev–Trinajstić information content (AvgIpc) is 2.84. The first-order chi connectivity index (χ1) is 16.3. The summed E-state index contributed by atoms with van der Waals surface area (Å²) in [4.78, 5) is 34.2. The third kappa shape index (κ3) is 6.88. The number of hydroxylamine groups is 2. The van der Waals surface area contributed by atoms with Crippen LogP contribution in [0.5, 0.6) is 5.75 Å². The first-order valence-electron chi connectivity index (χ1n) is 11.7. The summed E-state index contributed by atoms with van der Waals surface area (Å²) in [6.07, 6.45) is 1.81. The van der Waals surface area contributed by atoms with E-state index in [0.29, 0.717) is 47.7 Å². The lowest BCUT2D eigenvalue weighted by molar-refractivity contribution is -0.0785. The SMILES string of the molecule is CCOc1cc(N)c(Cl)cc1C(=O)NCC1CN(CC2CCN(C(=O)N(C)OC)CC2)CCO1. The number of halogens is 1. The number of nitrogens with two attached hydrogens (primary N) is 1. The highest BCUT2D eigenvalue weighted by Gasteiger charge is 2.28. The molecular weight excluding hydrogens is 462 g/mol. The molecule has 0 radical (unpaired) electrons. The van der Waals surface area contributed by atoms with E-state index >= 15 is 0 Å². The third-order valence-corrected chi connectivity index (χ3v) is 6.63. The van der Waals surface area contributed by atoms with Crippen molar-refractivity contribution >= 4 is 29.2 Å². The maximum atomic E-state index is 12.8. The second-order valence-electron chi connectivity index (χ2n) is 8.66. The van der Waals surface area contributed by atoms with Crippen LogP contribution in [0.3, 0.4) is 0 Å². The normalized spacial score (nSPS) is 19.6. The first-order valence-corrected chi connectivity index (χ1v) is 12.1. The van der Waals surface area contributed by atoms with Gasteiger partial charge in [-0.05, 0) is 31.7 Å². The highest BCUT2D eigenvalue weighted by atomic mass is 35.5. The number of rotatable bonds is 8. The number of hydrogen-bond donors (Lipinski definition) is 2. The number of likely N-dealkylation sites (tertiary alicyclic amines) is 1. The number of ether oxygens (including phenoxy) is 2. The van der Waals surface area contributed by atoms with Crippen LogP contribution in [-0.2, 0) is 9.57 Å². The molecule has 2 heterocycles. The summed E-state index contributed by atoms with van der Waals surface area (Å²) in [5, 5.41) is 4.52. The summed E-state index contributed by atoms with van der Waals surface area (Å²) in [5.41, 5.74) is 6.57. The van der Waals surface area contributed by atoms with Crippen LogP contribution in [0.4, 0.5) is 10.5 Å². The molecule has 1 aromatic carbocycles. The van der Waals surface area contributed by atoms with Gasteiger partial charge in [0.2, 0.25) is 0 Å². The van der Waals surface area contributed by atoms with Crippen molar-refractivity contribution < 1.29 is 23.9 Å². The van der Waals surface area contributed by atoms with Crippen molar-refractivity contribution in [2.45, 2.75) is 25.9 Å². The molecule has 34 heavy (non-hydrogen) atoms. The summed E-state index contributed by atoms with van der Waals surface area (Å²) >= 11 is 6.12. The molecule has 11 heteroatoms. The standard InChI is InChI=1S/C23H36ClN5O5/c1-4-33-21-12-20(25)19(24)11-18(21)22(30)26-13-17-15-28(9-10-34-17)14-16-5-7-29(8-6-16)23(31)27(2)32-3/h11-12,16-17H,4-10,13-15,25H2,1-3H3,(H,26,30). The fraction of sp³-hybridized carbons (Fsp3) is 0.652. The van der Waals surface area contributed by atoms with Gasteiger partial charge in [0, 0.05) is 52.4 Å². The largest absolute Gasteiger partial charge is 0.493 e. The Hall–Kier alpha value is -2.27. The Morgan fingerprint density at radius 1 is 1.29 bits per heavy atom. The topological polar surface area (TPSA) is 110 Å². The van der Waals surface area contributed by atoms with Gasteiger partial charge in [-0.1, -0.05) is 11.6 Å². The third-order valence-electron chi connectivity index (χ3n) is 6.30. The Morgan fingerprint density at radius 2 is 2.03 bits per heavy atom. The Labute approximate surface area is 206 Å². The molecule has 2 fully saturated rings. The van der Waals surface area contributed by atoms with Crippen LogP contribution >= 0.6 is 11.6 Å². The Bertz CT molecular complexity index is 849. The van der Waals surface area contributed by atoms with Crippen molar-refractivity contribution in [2.75, 3.05) is 72.4 Å². The van der Waals surface area contributed by atoms with Crippen molar-refractivity contribution in [3.05, 3.63) is 22.7 Å². The Balaban J connectivity index is 1.46. The minimum Gasteiger partial charge on any atom is -0.493 e. The summed E-state index contributed by atoms with van der Waals surface area (Å²) in [7, 11) is 3.12. The van der Waals surface area contributed by atoms with E-state index in [9.17, 15) is 9.59 Å². The van der Waals surface area contributed by atoms with Crippen LogP contribution in [0.1, 0.15) is 30.1 Å². The van der Waals surface area contributed by atoms with Gasteiger partial charge in [0.15, 0.2) is 0 Å². The fourth-order valence-corrected chi connectivity index (χ4v) is 4.51. The van der Waals surface area contributed by atoms with Gasteiger partial charge in [-0.2, -0.15) is 0 Å². The lowest BCUT2D eigenvalue weighted by Gasteiger charge is -2.38. The molecule has 0 saturated carbocycles. The van der Waals surface area contributed by atoms with Crippen LogP contribution in [0.15, 0.2) is 12.1 Å². The summed E-state index contributed by atoms with van der Waals surface area (Å²) < 4.78 is 11.4. The zero-order valence-corrected chi connectivity index (χ0v) is 21.0. The van der Waals surface area contributed by atoms with E-state index in [0.717, 1.165) is 45.6 Å². The van der Waals surface area contributed by atoms with E-state index in [4.69, 9.17) is 31.6 Å². The molecule has 0 spiro atoms. The molecule has 3 amide bonds. The van der Waals surface area contributed by atoms with Gasteiger partial charge in [0.25, 0.3) is 5.91 Å². The Kier molecular flexibility index (Phi) is 9.63. The number of nitrogens with one attached hydrogen (secondary N) is 1. The number of carbonyl (C=O) groups is 2. The molecule has 10 nitrogen and oxygen atoms in total.